The fourth-order valence-electron chi connectivity index (χ4n) is 2.73. The summed E-state index contributed by atoms with van der Waals surface area (Å²) in [6.07, 6.45) is 13.6. The highest BCUT2D eigenvalue weighted by Gasteiger charge is 2.32. The van der Waals surface area contributed by atoms with Gasteiger partial charge in [0.05, 0.1) is 0 Å². The molecular formula is C18H32O6. The third-order valence-corrected chi connectivity index (χ3v) is 4.28. The monoisotopic (exact) mass is 344 g/mol. The normalized spacial score (nSPS) is 21.8. The van der Waals surface area contributed by atoms with Crippen LogP contribution in [0.15, 0.2) is 12.2 Å². The first-order chi connectivity index (χ1) is 11.7. The van der Waals surface area contributed by atoms with Crippen LogP contribution in [-0.2, 0) is 19.5 Å². The molecule has 0 radical (unpaired) electrons. The van der Waals surface area contributed by atoms with E-state index in [1.54, 1.807) is 0 Å². The molecule has 0 bridgehead atoms. The maximum atomic E-state index is 10.4. The van der Waals surface area contributed by atoms with E-state index in [-0.39, 0.29) is 24.7 Å². The highest BCUT2D eigenvalue weighted by atomic mass is 17.2. The lowest BCUT2D eigenvalue weighted by molar-refractivity contribution is -0.452. The zero-order valence-corrected chi connectivity index (χ0v) is 14.7. The number of carbonyl (C=O) groups is 1. The number of carboxylic acids is 1. The molecule has 0 saturated carbocycles. The summed E-state index contributed by atoms with van der Waals surface area (Å²) in [5.41, 5.74) is 0. The second-order valence-electron chi connectivity index (χ2n) is 6.42. The zero-order chi connectivity index (χ0) is 17.6. The van der Waals surface area contributed by atoms with E-state index in [1.807, 2.05) is 12.2 Å². The Morgan fingerprint density at radius 2 is 1.88 bits per heavy atom. The number of hydrogen-bond acceptors (Lipinski definition) is 5. The number of unbranched alkanes of at least 4 members (excludes halogenated alkanes) is 6. The summed E-state index contributed by atoms with van der Waals surface area (Å²) in [6.45, 7) is 2.17. The largest absolute Gasteiger partial charge is 0.481 e. The predicted molar refractivity (Wildman–Crippen MR) is 90.5 cm³/mol. The van der Waals surface area contributed by atoms with Gasteiger partial charge in [-0.1, -0.05) is 64.0 Å². The Labute approximate surface area is 144 Å². The summed E-state index contributed by atoms with van der Waals surface area (Å²) in [5.74, 6) is -0.732. The molecule has 0 spiro atoms. The highest BCUT2D eigenvalue weighted by molar-refractivity contribution is 5.66. The zero-order valence-electron chi connectivity index (χ0n) is 14.7. The third-order valence-electron chi connectivity index (χ3n) is 4.28. The van der Waals surface area contributed by atoms with Gasteiger partial charge in [-0.15, -0.1) is 0 Å². The molecule has 6 heteroatoms. The second-order valence-corrected chi connectivity index (χ2v) is 6.42. The van der Waals surface area contributed by atoms with Gasteiger partial charge in [0.1, 0.15) is 18.3 Å². The first kappa shape index (κ1) is 21.1. The minimum absolute atomic E-state index is 0.0458. The first-order valence-corrected chi connectivity index (χ1v) is 9.19. The Balaban J connectivity index is 2.09. The van der Waals surface area contributed by atoms with Crippen molar-refractivity contribution in [2.24, 2.45) is 0 Å². The molecule has 0 aromatic heterocycles. The molecule has 1 fully saturated rings. The predicted octanol–water partition coefficient (Wildman–Crippen LogP) is 4.50. The SMILES string of the molecule is CCCCCC1OOC1/C=C\C(CCCCCCCC(=O)O)OO. The molecule has 2 N–H and O–H groups in total. The standard InChI is InChI=1S/C18H32O6/c1-2-3-7-11-16-17(24-23-16)14-13-15(22-21)10-8-5-4-6-9-12-18(19)20/h13-17,21H,2-12H2,1H3,(H,19,20)/b14-13-. The van der Waals surface area contributed by atoms with Crippen LogP contribution in [-0.4, -0.2) is 34.6 Å². The maximum absolute atomic E-state index is 10.4. The molecule has 3 atom stereocenters. The van der Waals surface area contributed by atoms with Crippen LogP contribution in [0.5, 0.6) is 0 Å². The van der Waals surface area contributed by atoms with Crippen LogP contribution in [0, 0.1) is 0 Å². The number of carboxylic acid groups (broad SMARTS) is 1. The van der Waals surface area contributed by atoms with E-state index in [1.165, 1.54) is 12.8 Å². The van der Waals surface area contributed by atoms with Gasteiger partial charge < -0.3 is 5.11 Å². The quantitative estimate of drug-likeness (QED) is 0.197. The van der Waals surface area contributed by atoms with Crippen LogP contribution in [0.3, 0.4) is 0 Å². The lowest BCUT2D eigenvalue weighted by atomic mass is 10.0. The Kier molecular flexibility index (Phi) is 11.7. The molecule has 3 unspecified atom stereocenters. The Morgan fingerprint density at radius 3 is 2.50 bits per heavy atom. The van der Waals surface area contributed by atoms with Crippen LogP contribution in [0.4, 0.5) is 0 Å². The Bertz CT molecular complexity index is 357. The minimum Gasteiger partial charge on any atom is -0.481 e. The van der Waals surface area contributed by atoms with Crippen molar-refractivity contribution in [1.82, 2.24) is 0 Å². The van der Waals surface area contributed by atoms with E-state index in [0.717, 1.165) is 51.4 Å². The number of rotatable bonds is 15. The van der Waals surface area contributed by atoms with Crippen molar-refractivity contribution < 1.29 is 29.8 Å². The van der Waals surface area contributed by atoms with E-state index in [4.69, 9.17) is 20.1 Å². The Morgan fingerprint density at radius 1 is 1.12 bits per heavy atom. The third kappa shape index (κ3) is 9.37. The second kappa shape index (κ2) is 13.4. The van der Waals surface area contributed by atoms with Crippen molar-refractivity contribution in [3.05, 3.63) is 12.2 Å². The fraction of sp³-hybridized carbons (Fsp3) is 0.833. The molecule has 0 aromatic rings. The van der Waals surface area contributed by atoms with Gasteiger partial charge >= 0.3 is 5.97 Å². The van der Waals surface area contributed by atoms with Crippen molar-refractivity contribution >= 4 is 5.97 Å². The summed E-state index contributed by atoms with van der Waals surface area (Å²) >= 11 is 0. The molecule has 1 rings (SSSR count). The van der Waals surface area contributed by atoms with Gasteiger partial charge in [-0.25, -0.2) is 14.7 Å². The average Bonchev–Trinajstić information content (AvgIpc) is 2.54. The van der Waals surface area contributed by atoms with Gasteiger partial charge in [0.15, 0.2) is 0 Å². The van der Waals surface area contributed by atoms with Crippen molar-refractivity contribution in [2.75, 3.05) is 0 Å². The summed E-state index contributed by atoms with van der Waals surface area (Å²) < 4.78 is 0. The summed E-state index contributed by atoms with van der Waals surface area (Å²) in [6, 6.07) is 0. The molecule has 1 aliphatic rings. The van der Waals surface area contributed by atoms with Crippen LogP contribution >= 0.6 is 0 Å². The van der Waals surface area contributed by atoms with E-state index in [0.29, 0.717) is 0 Å². The van der Waals surface area contributed by atoms with Crippen LogP contribution < -0.4 is 0 Å². The van der Waals surface area contributed by atoms with Crippen LogP contribution in [0.1, 0.15) is 77.6 Å². The van der Waals surface area contributed by atoms with Crippen molar-refractivity contribution in [1.29, 1.82) is 0 Å². The maximum Gasteiger partial charge on any atom is 0.303 e. The smallest absolute Gasteiger partial charge is 0.303 e. The Hall–Kier alpha value is -0.950. The fourth-order valence-corrected chi connectivity index (χ4v) is 2.73. The van der Waals surface area contributed by atoms with Gasteiger partial charge in [-0.05, 0) is 19.3 Å². The molecule has 1 heterocycles. The lowest BCUT2D eigenvalue weighted by Gasteiger charge is -2.33. The van der Waals surface area contributed by atoms with Gasteiger partial charge in [0.25, 0.3) is 0 Å². The molecule has 1 saturated heterocycles. The van der Waals surface area contributed by atoms with E-state index in [9.17, 15) is 4.79 Å². The van der Waals surface area contributed by atoms with Crippen LogP contribution in [0.25, 0.3) is 0 Å². The number of aliphatic carboxylic acids is 1. The molecule has 0 aliphatic carbocycles. The minimum atomic E-state index is -0.732. The van der Waals surface area contributed by atoms with E-state index in [2.05, 4.69) is 11.8 Å². The van der Waals surface area contributed by atoms with E-state index >= 15 is 0 Å². The number of hydrogen-bond donors (Lipinski definition) is 2. The summed E-state index contributed by atoms with van der Waals surface area (Å²) in [7, 11) is 0. The lowest BCUT2D eigenvalue weighted by Crippen LogP contribution is -2.41. The van der Waals surface area contributed by atoms with Crippen molar-refractivity contribution in [2.45, 2.75) is 95.9 Å². The average molecular weight is 344 g/mol. The van der Waals surface area contributed by atoms with Gasteiger partial charge in [-0.3, -0.25) is 10.1 Å². The van der Waals surface area contributed by atoms with Gasteiger partial charge in [-0.2, -0.15) is 0 Å². The molecule has 0 aromatic carbocycles. The summed E-state index contributed by atoms with van der Waals surface area (Å²) in [5, 5.41) is 17.5. The van der Waals surface area contributed by atoms with Crippen molar-refractivity contribution in [3.63, 3.8) is 0 Å². The summed E-state index contributed by atoms with van der Waals surface area (Å²) in [4.78, 5) is 25.1. The molecule has 24 heavy (non-hydrogen) atoms. The van der Waals surface area contributed by atoms with Crippen LogP contribution in [0.2, 0.25) is 0 Å². The van der Waals surface area contributed by atoms with Gasteiger partial charge in [0, 0.05) is 6.42 Å². The molecule has 6 nitrogen and oxygen atoms in total. The molecule has 0 amide bonds. The molecule has 1 aliphatic heterocycles. The van der Waals surface area contributed by atoms with Crippen molar-refractivity contribution in [3.8, 4) is 0 Å². The molecular weight excluding hydrogens is 312 g/mol. The highest BCUT2D eigenvalue weighted by Crippen LogP contribution is 2.24. The van der Waals surface area contributed by atoms with E-state index < -0.39 is 5.97 Å². The topological polar surface area (TPSA) is 85.2 Å². The molecule has 140 valence electrons. The first-order valence-electron chi connectivity index (χ1n) is 9.19. The van der Waals surface area contributed by atoms with Gasteiger partial charge in [0.2, 0.25) is 0 Å².